The number of nitrogens with two attached hydrogens (primary N) is 1. The molecular weight excluding hydrogens is 480 g/mol. The third-order valence-electron chi connectivity index (χ3n) is 7.05. The Morgan fingerprint density at radius 2 is 1.81 bits per heavy atom. The maximum absolute atomic E-state index is 12.7. The number of ether oxygens (including phenoxy) is 6. The monoisotopic (exact) mass is 532 g/mol. The molecule has 10 nitrogen and oxygen atoms in total. The van der Waals surface area contributed by atoms with E-state index in [2.05, 4.69) is 11.8 Å². The van der Waals surface area contributed by atoms with Crippen LogP contribution < -0.4 is 5.73 Å². The van der Waals surface area contributed by atoms with Gasteiger partial charge in [0.05, 0.1) is 23.9 Å². The van der Waals surface area contributed by atoms with Crippen molar-refractivity contribution in [3.63, 3.8) is 0 Å². The summed E-state index contributed by atoms with van der Waals surface area (Å²) in [6, 6.07) is -0.00492. The van der Waals surface area contributed by atoms with Gasteiger partial charge in [-0.1, -0.05) is 20.8 Å². The van der Waals surface area contributed by atoms with Crippen LogP contribution in [-0.4, -0.2) is 100.0 Å². The fourth-order valence-electron chi connectivity index (χ4n) is 5.08. The number of aliphatic hydroxyl groups excluding tert-OH is 1. The number of hydrogen-bond donors (Lipinski definition) is 2. The number of carbonyl (C=O) groups excluding carboxylic acids is 1. The average Bonchev–Trinajstić information content (AvgIpc) is 2.83. The second-order valence-corrected chi connectivity index (χ2v) is 10.9. The Balaban J connectivity index is 3.65. The molecule has 0 saturated carbocycles. The molecule has 0 fully saturated rings. The Morgan fingerprint density at radius 1 is 1.19 bits per heavy atom. The summed E-state index contributed by atoms with van der Waals surface area (Å²) in [4.78, 5) is 14.8. The van der Waals surface area contributed by atoms with E-state index in [1.165, 1.54) is 0 Å². The summed E-state index contributed by atoms with van der Waals surface area (Å²) in [5, 5.41) is 9.84. The van der Waals surface area contributed by atoms with Crippen molar-refractivity contribution >= 4 is 5.97 Å². The van der Waals surface area contributed by atoms with E-state index in [1.54, 1.807) is 35.0 Å². The van der Waals surface area contributed by atoms with Crippen molar-refractivity contribution in [3.05, 3.63) is 11.3 Å². The van der Waals surface area contributed by atoms with E-state index in [1.807, 2.05) is 34.9 Å². The van der Waals surface area contributed by atoms with Gasteiger partial charge >= 0.3 is 5.97 Å². The predicted molar refractivity (Wildman–Crippen MR) is 142 cm³/mol. The lowest BCUT2D eigenvalue weighted by Crippen LogP contribution is -2.56. The van der Waals surface area contributed by atoms with Gasteiger partial charge in [0.2, 0.25) is 5.79 Å². The van der Waals surface area contributed by atoms with Crippen LogP contribution in [0, 0.1) is 11.8 Å². The highest BCUT2D eigenvalue weighted by atomic mass is 16.7. The number of esters is 1. The molecule has 3 N–H and O–H groups in total. The molecule has 0 radical (unpaired) electrons. The lowest BCUT2D eigenvalue weighted by Gasteiger charge is -2.46. The minimum atomic E-state index is -1.13. The van der Waals surface area contributed by atoms with E-state index < -0.39 is 41.8 Å². The molecule has 218 valence electrons. The fourth-order valence-corrected chi connectivity index (χ4v) is 5.08. The first-order valence-corrected chi connectivity index (χ1v) is 13.2. The van der Waals surface area contributed by atoms with Crippen LogP contribution in [0.15, 0.2) is 11.3 Å². The molecule has 0 aromatic carbocycles. The van der Waals surface area contributed by atoms with Crippen LogP contribution in [0.4, 0.5) is 0 Å². The standard InChI is InChI=1S/C27H52N2O8/c1-12-20(29(8)9)22(32-10)25(34-14-13-28)35-23(27(7,33-11)15-17(2)16-30)18(3)21-19(4)24(31)37-26(5,6)36-21/h17-18,20,22-23,25,30H,12-16,28H2,1-11H3/t17-,18+,20?,22?,23-,25+,27-/m1/s1. The van der Waals surface area contributed by atoms with E-state index in [4.69, 9.17) is 34.2 Å². The lowest BCUT2D eigenvalue weighted by molar-refractivity contribution is -0.275. The van der Waals surface area contributed by atoms with Gasteiger partial charge in [0, 0.05) is 53.2 Å². The highest BCUT2D eigenvalue weighted by Gasteiger charge is 2.48. The van der Waals surface area contributed by atoms with Crippen molar-refractivity contribution in [2.75, 3.05) is 48.1 Å². The second kappa shape index (κ2) is 14.8. The SMILES string of the molecule is CCC(C(OC)[C@@H](OCCN)O[C@H]([C@@H](C)C1=C(C)C(=O)OC(C)(C)O1)[C@@](C)(C[C@@H](C)CO)OC)N(C)C. The molecular formula is C27H52N2O8. The third kappa shape index (κ3) is 8.88. The van der Waals surface area contributed by atoms with E-state index in [-0.39, 0.29) is 25.2 Å². The van der Waals surface area contributed by atoms with Crippen LogP contribution in [0.25, 0.3) is 0 Å². The molecule has 7 atom stereocenters. The number of aliphatic hydroxyl groups is 1. The normalized spacial score (nSPS) is 22.5. The molecule has 1 aliphatic rings. The molecule has 0 aromatic heterocycles. The Morgan fingerprint density at radius 3 is 2.27 bits per heavy atom. The first-order chi connectivity index (χ1) is 17.2. The minimum absolute atomic E-state index is 0.00492. The van der Waals surface area contributed by atoms with E-state index in [0.717, 1.165) is 6.42 Å². The number of likely N-dealkylation sites (N-methyl/N-ethyl adjacent to an activating group) is 1. The molecule has 0 amide bonds. The summed E-state index contributed by atoms with van der Waals surface area (Å²) in [7, 11) is 7.23. The van der Waals surface area contributed by atoms with Crippen LogP contribution in [0.3, 0.4) is 0 Å². The topological polar surface area (TPSA) is 122 Å². The van der Waals surface area contributed by atoms with Gasteiger partial charge in [0.15, 0.2) is 6.29 Å². The Kier molecular flexibility index (Phi) is 13.5. The molecule has 1 rings (SSSR count). The van der Waals surface area contributed by atoms with Crippen LogP contribution in [0.5, 0.6) is 0 Å². The summed E-state index contributed by atoms with van der Waals surface area (Å²) in [6.07, 6.45) is -0.605. The Hall–Kier alpha value is -1.27. The molecule has 2 unspecified atom stereocenters. The summed E-state index contributed by atoms with van der Waals surface area (Å²) in [6.45, 7) is 13.5. The van der Waals surface area contributed by atoms with Crippen molar-refractivity contribution in [2.24, 2.45) is 17.6 Å². The van der Waals surface area contributed by atoms with Gasteiger partial charge in [-0.15, -0.1) is 0 Å². The van der Waals surface area contributed by atoms with Gasteiger partial charge in [0.25, 0.3) is 0 Å². The summed E-state index contributed by atoms with van der Waals surface area (Å²) < 4.78 is 36.6. The maximum atomic E-state index is 12.7. The number of methoxy groups -OCH3 is 2. The molecule has 37 heavy (non-hydrogen) atoms. The predicted octanol–water partition coefficient (Wildman–Crippen LogP) is 2.67. The molecule has 1 aliphatic heterocycles. The number of carbonyl (C=O) groups is 1. The van der Waals surface area contributed by atoms with Gasteiger partial charge in [-0.2, -0.15) is 0 Å². The smallest absolute Gasteiger partial charge is 0.340 e. The number of nitrogens with zero attached hydrogens (tertiary/aromatic N) is 1. The second-order valence-electron chi connectivity index (χ2n) is 10.9. The number of hydrogen-bond acceptors (Lipinski definition) is 10. The molecule has 0 aliphatic carbocycles. The lowest BCUT2D eigenvalue weighted by atomic mass is 9.80. The van der Waals surface area contributed by atoms with Crippen LogP contribution in [0.1, 0.15) is 61.3 Å². The molecule has 0 aromatic rings. The van der Waals surface area contributed by atoms with Crippen molar-refractivity contribution in [1.82, 2.24) is 4.90 Å². The van der Waals surface area contributed by atoms with Gasteiger partial charge in [-0.3, -0.25) is 0 Å². The third-order valence-corrected chi connectivity index (χ3v) is 7.05. The Labute approximate surface area is 223 Å². The fraction of sp³-hybridized carbons (Fsp3) is 0.889. The zero-order valence-electron chi connectivity index (χ0n) is 24.8. The van der Waals surface area contributed by atoms with Crippen LogP contribution in [-0.2, 0) is 33.2 Å². The van der Waals surface area contributed by atoms with Gasteiger partial charge in [-0.25, -0.2) is 4.79 Å². The van der Waals surface area contributed by atoms with Gasteiger partial charge in [0.1, 0.15) is 11.9 Å². The zero-order valence-corrected chi connectivity index (χ0v) is 24.8. The highest BCUT2D eigenvalue weighted by Crippen LogP contribution is 2.40. The van der Waals surface area contributed by atoms with Gasteiger partial charge < -0.3 is 44.2 Å². The minimum Gasteiger partial charge on any atom is -0.456 e. The van der Waals surface area contributed by atoms with Crippen molar-refractivity contribution in [3.8, 4) is 0 Å². The van der Waals surface area contributed by atoms with Crippen LogP contribution >= 0.6 is 0 Å². The number of cyclic esters (lactones) is 1. The van der Waals surface area contributed by atoms with E-state index in [0.29, 0.717) is 24.3 Å². The first kappa shape index (κ1) is 33.8. The van der Waals surface area contributed by atoms with Crippen molar-refractivity contribution < 1.29 is 38.3 Å². The summed E-state index contributed by atoms with van der Waals surface area (Å²) in [5.41, 5.74) is 5.28. The quantitative estimate of drug-likeness (QED) is 0.214. The Bertz CT molecular complexity index is 744. The average molecular weight is 533 g/mol. The summed E-state index contributed by atoms with van der Waals surface area (Å²) in [5.74, 6) is -1.61. The van der Waals surface area contributed by atoms with E-state index in [9.17, 15) is 9.90 Å². The summed E-state index contributed by atoms with van der Waals surface area (Å²) >= 11 is 0. The van der Waals surface area contributed by atoms with Crippen molar-refractivity contribution in [1.29, 1.82) is 0 Å². The molecule has 0 saturated heterocycles. The highest BCUT2D eigenvalue weighted by molar-refractivity contribution is 5.89. The van der Waals surface area contributed by atoms with Crippen molar-refractivity contribution in [2.45, 2.75) is 97.2 Å². The van der Waals surface area contributed by atoms with Crippen LogP contribution in [0.2, 0.25) is 0 Å². The molecule has 10 heteroatoms. The molecule has 0 bridgehead atoms. The molecule has 0 spiro atoms. The number of rotatable bonds is 17. The molecule has 1 heterocycles. The van der Waals surface area contributed by atoms with Gasteiger partial charge in [-0.05, 0) is 46.7 Å². The zero-order chi connectivity index (χ0) is 28.6. The largest absolute Gasteiger partial charge is 0.456 e. The van der Waals surface area contributed by atoms with E-state index >= 15 is 0 Å². The first-order valence-electron chi connectivity index (χ1n) is 13.2. The maximum Gasteiger partial charge on any atom is 0.340 e.